The van der Waals surface area contributed by atoms with Gasteiger partial charge in [0.05, 0.1) is 25.8 Å². The SMILES string of the molecule is [2H]c1oc(C(=O)O[C@]2(C(=O)CCl)C(C)CC3C4CCC5=CC(=O)C=C[C@]5(C)[C@@]4(Cl)C(O)C[C@@]32C)c([2H])c1[2H]. The Morgan fingerprint density at radius 1 is 1.34 bits per heavy atom. The van der Waals surface area contributed by atoms with Gasteiger partial charge in [-0.05, 0) is 61.8 Å². The third-order valence-electron chi connectivity index (χ3n) is 9.54. The van der Waals surface area contributed by atoms with Crippen molar-refractivity contribution in [2.24, 2.45) is 28.6 Å². The number of fused-ring (bicyclic) bond motifs is 5. The summed E-state index contributed by atoms with van der Waals surface area (Å²) in [5, 5.41) is 11.8. The average molecular weight is 524 g/mol. The first-order valence-corrected chi connectivity index (χ1v) is 12.8. The number of esters is 1. The highest BCUT2D eigenvalue weighted by atomic mass is 35.5. The Hall–Kier alpha value is -1.89. The number of hydrogen-bond donors (Lipinski definition) is 1. The largest absolute Gasteiger partial charge is 0.457 e. The molecule has 0 aliphatic heterocycles. The van der Waals surface area contributed by atoms with Crippen LogP contribution in [0.25, 0.3) is 0 Å². The summed E-state index contributed by atoms with van der Waals surface area (Å²) in [4.78, 5) is 38.0. The second kappa shape index (κ2) is 8.06. The lowest BCUT2D eigenvalue weighted by Crippen LogP contribution is -2.69. The van der Waals surface area contributed by atoms with Gasteiger partial charge in [-0.2, -0.15) is 0 Å². The minimum absolute atomic E-state index is 0.0296. The number of alkyl halides is 2. The molecule has 0 spiro atoms. The van der Waals surface area contributed by atoms with Crippen molar-refractivity contribution in [3.8, 4) is 0 Å². The lowest BCUT2D eigenvalue weighted by molar-refractivity contribution is -0.177. The third kappa shape index (κ3) is 3.02. The van der Waals surface area contributed by atoms with Crippen LogP contribution in [0.5, 0.6) is 0 Å². The fraction of sp³-hybridized carbons (Fsp3) is 0.593. The van der Waals surface area contributed by atoms with Crippen LogP contribution in [0.4, 0.5) is 0 Å². The summed E-state index contributed by atoms with van der Waals surface area (Å²) in [6.07, 6.45) is 4.78. The zero-order chi connectivity index (χ0) is 28.0. The van der Waals surface area contributed by atoms with Gasteiger partial charge in [0.25, 0.3) is 0 Å². The van der Waals surface area contributed by atoms with Crippen molar-refractivity contribution in [1.29, 1.82) is 0 Å². The van der Waals surface area contributed by atoms with Crippen molar-refractivity contribution in [3.63, 3.8) is 0 Å². The number of carbonyl (C=O) groups is 3. The van der Waals surface area contributed by atoms with E-state index >= 15 is 0 Å². The van der Waals surface area contributed by atoms with E-state index in [4.69, 9.17) is 36.5 Å². The van der Waals surface area contributed by atoms with Crippen molar-refractivity contribution in [1.82, 2.24) is 0 Å². The predicted octanol–water partition coefficient (Wildman–Crippen LogP) is 4.87. The highest BCUT2D eigenvalue weighted by Gasteiger charge is 2.76. The molecular formula is C27H30Cl2O6. The van der Waals surface area contributed by atoms with E-state index in [0.717, 1.165) is 5.57 Å². The second-order valence-electron chi connectivity index (χ2n) is 10.9. The molecule has 6 nitrogen and oxygen atoms in total. The van der Waals surface area contributed by atoms with E-state index in [2.05, 4.69) is 0 Å². The number of halogens is 2. The summed E-state index contributed by atoms with van der Waals surface area (Å²) < 4.78 is 34.5. The number of furan rings is 1. The molecule has 1 aromatic heterocycles. The van der Waals surface area contributed by atoms with Crippen LogP contribution in [-0.4, -0.2) is 45.1 Å². The molecular weight excluding hydrogens is 491 g/mol. The van der Waals surface area contributed by atoms with Crippen LogP contribution < -0.4 is 0 Å². The lowest BCUT2D eigenvalue weighted by Gasteiger charge is -2.64. The lowest BCUT2D eigenvalue weighted by atomic mass is 9.45. The number of hydrogen-bond acceptors (Lipinski definition) is 6. The van der Waals surface area contributed by atoms with E-state index in [1.807, 2.05) is 13.8 Å². The van der Waals surface area contributed by atoms with Crippen LogP contribution in [0.2, 0.25) is 0 Å². The normalized spacial score (nSPS) is 45.4. The van der Waals surface area contributed by atoms with Gasteiger partial charge in [-0.25, -0.2) is 4.79 Å². The molecule has 1 aromatic rings. The molecule has 5 rings (SSSR count). The molecule has 0 aromatic carbocycles. The maximum absolute atomic E-state index is 13.7. The molecule has 8 heteroatoms. The van der Waals surface area contributed by atoms with E-state index < -0.39 is 75.0 Å². The van der Waals surface area contributed by atoms with E-state index in [0.29, 0.717) is 19.3 Å². The molecule has 35 heavy (non-hydrogen) atoms. The quantitative estimate of drug-likeness (QED) is 0.446. The molecule has 4 aliphatic carbocycles. The number of Topliss-reactive ketones (excluding diaryl/α,β-unsaturated/α-hetero) is 1. The van der Waals surface area contributed by atoms with E-state index in [-0.39, 0.29) is 24.0 Å². The molecule has 0 bridgehead atoms. The van der Waals surface area contributed by atoms with Crippen molar-refractivity contribution < 1.29 is 32.8 Å². The third-order valence-corrected chi connectivity index (χ3v) is 10.7. The van der Waals surface area contributed by atoms with Crippen LogP contribution in [0.15, 0.2) is 46.5 Å². The van der Waals surface area contributed by atoms with E-state index in [9.17, 15) is 19.5 Å². The molecule has 0 saturated heterocycles. The number of allylic oxidation sites excluding steroid dienone is 4. The summed E-state index contributed by atoms with van der Waals surface area (Å²) in [6.45, 7) is 5.56. The number of carbonyl (C=O) groups excluding carboxylic acids is 3. The van der Waals surface area contributed by atoms with E-state index in [1.54, 1.807) is 19.1 Å². The number of ketones is 2. The van der Waals surface area contributed by atoms with Gasteiger partial charge in [-0.15, -0.1) is 23.2 Å². The Morgan fingerprint density at radius 3 is 2.74 bits per heavy atom. The zero-order valence-electron chi connectivity index (χ0n) is 22.8. The minimum Gasteiger partial charge on any atom is -0.457 e. The van der Waals surface area contributed by atoms with Gasteiger partial charge in [0, 0.05) is 16.7 Å². The van der Waals surface area contributed by atoms with Gasteiger partial charge in [-0.1, -0.05) is 32.4 Å². The second-order valence-corrected chi connectivity index (χ2v) is 11.8. The number of rotatable bonds is 4. The van der Waals surface area contributed by atoms with Crippen molar-refractivity contribution in [2.75, 3.05) is 5.88 Å². The van der Waals surface area contributed by atoms with Gasteiger partial charge in [0.1, 0.15) is 1.37 Å². The first-order chi connectivity index (χ1) is 17.7. The molecule has 4 unspecified atom stereocenters. The van der Waals surface area contributed by atoms with Gasteiger partial charge in [0.2, 0.25) is 5.76 Å². The molecule has 3 fully saturated rings. The van der Waals surface area contributed by atoms with Gasteiger partial charge >= 0.3 is 5.97 Å². The highest BCUT2D eigenvalue weighted by molar-refractivity contribution is 6.29. The van der Waals surface area contributed by atoms with Crippen molar-refractivity contribution in [3.05, 3.63) is 47.9 Å². The standard InChI is InChI=1S/C27H30Cl2O6/c1-15-11-19-18-7-6-16-12-17(30)8-9-24(16,2)26(18,29)21(31)13-25(19,3)27(15,22(32)14-28)35-23(33)20-5-4-10-34-20/h4-5,8-10,12,15,18-19,21,31H,6-7,11,13-14H2,1-3H3/t15?,18?,19?,21?,24-,25-,26-,27-/m0/s1/i4D,5D,10D. The van der Waals surface area contributed by atoms with Gasteiger partial charge in [0.15, 0.2) is 17.2 Å². The molecule has 0 amide bonds. The smallest absolute Gasteiger partial charge is 0.375 e. The Labute approximate surface area is 218 Å². The first-order valence-electron chi connectivity index (χ1n) is 13.4. The summed E-state index contributed by atoms with van der Waals surface area (Å²) in [5.41, 5.74) is -2.73. The summed E-state index contributed by atoms with van der Waals surface area (Å²) in [7, 11) is 0. The molecule has 4 aliphatic rings. The molecule has 1 heterocycles. The topological polar surface area (TPSA) is 93.8 Å². The highest BCUT2D eigenvalue weighted by Crippen LogP contribution is 2.72. The monoisotopic (exact) mass is 523 g/mol. The fourth-order valence-corrected chi connectivity index (χ4v) is 8.69. The summed E-state index contributed by atoms with van der Waals surface area (Å²) >= 11 is 13.6. The summed E-state index contributed by atoms with van der Waals surface area (Å²) in [6, 6.07) is -1.15. The number of aliphatic hydroxyl groups excluding tert-OH is 1. The van der Waals surface area contributed by atoms with Crippen molar-refractivity contribution in [2.45, 2.75) is 63.0 Å². The Kier molecular flexibility index (Phi) is 4.88. The number of aliphatic hydroxyl groups is 1. The molecule has 3 saturated carbocycles. The molecule has 0 radical (unpaired) electrons. The number of ether oxygens (including phenoxy) is 1. The molecule has 1 N–H and O–H groups in total. The van der Waals surface area contributed by atoms with Crippen molar-refractivity contribution >= 4 is 40.7 Å². The fourth-order valence-electron chi connectivity index (χ4n) is 7.97. The van der Waals surface area contributed by atoms with Crippen LogP contribution in [0.1, 0.15) is 61.1 Å². The van der Waals surface area contributed by atoms with Crippen LogP contribution >= 0.6 is 23.2 Å². The van der Waals surface area contributed by atoms with Gasteiger partial charge < -0.3 is 14.3 Å². The average Bonchev–Trinajstić information content (AvgIpc) is 3.25. The first kappa shape index (κ1) is 21.2. The maximum atomic E-state index is 13.7. The van der Waals surface area contributed by atoms with Crippen LogP contribution in [0, 0.1) is 28.6 Å². The van der Waals surface area contributed by atoms with E-state index in [1.165, 1.54) is 6.08 Å². The minimum atomic E-state index is -1.76. The molecule has 8 atom stereocenters. The predicted molar refractivity (Wildman–Crippen MR) is 130 cm³/mol. The maximum Gasteiger partial charge on any atom is 0.375 e. The van der Waals surface area contributed by atoms with Crippen LogP contribution in [-0.2, 0) is 14.3 Å². The Balaban J connectivity index is 1.61. The van der Waals surface area contributed by atoms with Gasteiger partial charge in [-0.3, -0.25) is 9.59 Å². The Bertz CT molecular complexity index is 1310. The summed E-state index contributed by atoms with van der Waals surface area (Å²) in [5.74, 6) is -3.86. The molecule has 188 valence electrons. The Morgan fingerprint density at radius 2 is 2.09 bits per heavy atom. The zero-order valence-corrected chi connectivity index (χ0v) is 21.3. The van der Waals surface area contributed by atoms with Crippen LogP contribution in [0.3, 0.4) is 0 Å².